The molecule has 0 aromatic heterocycles. The largest absolute Gasteiger partial charge is 0.466 e. The number of carbonyl (C=O) groups is 2. The summed E-state index contributed by atoms with van der Waals surface area (Å²) in [6.07, 6.45) is 85.4. The SMILES string of the molecule is CCCCCCCC/C=C\CCCCCCCCCC(=O)OCCCCCCCCCCCCCCCCCCCCCCCCCCCCC(=O)NC(CO)C(O)/C=C/CCCCCCCCCCCCCCCCCC. The Kier molecular flexibility index (Phi) is 66.4. The van der Waals surface area contributed by atoms with Crippen LogP contribution < -0.4 is 5.32 Å². The van der Waals surface area contributed by atoms with Crippen molar-refractivity contribution in [2.75, 3.05) is 13.2 Å². The lowest BCUT2D eigenvalue weighted by molar-refractivity contribution is -0.143. The highest BCUT2D eigenvalue weighted by molar-refractivity contribution is 5.76. The maximum Gasteiger partial charge on any atom is 0.305 e. The van der Waals surface area contributed by atoms with Gasteiger partial charge in [-0.15, -0.1) is 0 Å². The van der Waals surface area contributed by atoms with E-state index < -0.39 is 12.1 Å². The molecule has 78 heavy (non-hydrogen) atoms. The third-order valence-corrected chi connectivity index (χ3v) is 16.7. The molecule has 0 aliphatic carbocycles. The number of ether oxygens (including phenoxy) is 1. The number of allylic oxidation sites excluding steroid dienone is 3. The lowest BCUT2D eigenvalue weighted by Gasteiger charge is -2.20. The summed E-state index contributed by atoms with van der Waals surface area (Å²) >= 11 is 0. The molecule has 0 spiro atoms. The minimum atomic E-state index is -0.843. The van der Waals surface area contributed by atoms with Crippen LogP contribution in [0, 0.1) is 0 Å². The van der Waals surface area contributed by atoms with E-state index in [1.165, 1.54) is 327 Å². The molecule has 6 heteroatoms. The lowest BCUT2D eigenvalue weighted by atomic mass is 10.0. The number of unbranched alkanes of at least 4 members (excludes halogenated alkanes) is 54. The van der Waals surface area contributed by atoms with Crippen LogP contribution in [0.3, 0.4) is 0 Å². The Bertz CT molecular complexity index is 1220. The number of amides is 1. The predicted molar refractivity (Wildman–Crippen MR) is 343 cm³/mol. The van der Waals surface area contributed by atoms with Gasteiger partial charge in [0.05, 0.1) is 25.4 Å². The Hall–Kier alpha value is -1.66. The molecule has 0 radical (unpaired) electrons. The molecule has 3 N–H and O–H groups in total. The van der Waals surface area contributed by atoms with Crippen LogP contribution in [-0.4, -0.2) is 47.4 Å². The van der Waals surface area contributed by atoms with Crippen LogP contribution in [0.25, 0.3) is 0 Å². The first-order chi connectivity index (χ1) is 38.5. The molecule has 6 nitrogen and oxygen atoms in total. The minimum absolute atomic E-state index is 0.0143. The number of esters is 1. The standard InChI is InChI=1S/C72H139NO5/c1-3-5-7-9-11-13-15-17-19-21-33-36-40-44-48-52-56-60-64-70(75)69(68-74)73-71(76)65-61-57-53-49-45-41-37-34-30-28-26-24-22-23-25-27-29-31-35-39-43-47-51-55-59-63-67-78-72(77)66-62-58-54-50-46-42-38-32-20-18-16-14-12-10-8-6-4-2/h18,20,60,64,69-70,74-75H,3-17,19,21-59,61-63,65-68H2,1-2H3,(H,73,76)/b20-18-,64-60+. The van der Waals surface area contributed by atoms with Gasteiger partial charge in [-0.1, -0.05) is 353 Å². The van der Waals surface area contributed by atoms with Crippen molar-refractivity contribution >= 4 is 11.9 Å². The fourth-order valence-corrected chi connectivity index (χ4v) is 11.3. The van der Waals surface area contributed by atoms with Crippen LogP contribution in [0.5, 0.6) is 0 Å². The number of rotatable bonds is 67. The van der Waals surface area contributed by atoms with Crippen molar-refractivity contribution in [1.82, 2.24) is 5.32 Å². The second kappa shape index (κ2) is 67.8. The van der Waals surface area contributed by atoms with E-state index in [0.29, 0.717) is 19.4 Å². The smallest absolute Gasteiger partial charge is 0.305 e. The third kappa shape index (κ3) is 63.5. The average molecular weight is 1100 g/mol. The lowest BCUT2D eigenvalue weighted by Crippen LogP contribution is -2.45. The maximum atomic E-state index is 12.5. The summed E-state index contributed by atoms with van der Waals surface area (Å²) in [6, 6.07) is -0.626. The summed E-state index contributed by atoms with van der Waals surface area (Å²) in [4.78, 5) is 24.6. The molecule has 0 saturated carbocycles. The van der Waals surface area contributed by atoms with Crippen LogP contribution in [0.15, 0.2) is 24.3 Å². The zero-order chi connectivity index (χ0) is 56.4. The fourth-order valence-electron chi connectivity index (χ4n) is 11.3. The van der Waals surface area contributed by atoms with Gasteiger partial charge < -0.3 is 20.3 Å². The molecule has 462 valence electrons. The van der Waals surface area contributed by atoms with Gasteiger partial charge in [0.2, 0.25) is 5.91 Å². The van der Waals surface area contributed by atoms with Crippen molar-refractivity contribution in [2.24, 2.45) is 0 Å². The molecule has 1 amide bonds. The predicted octanol–water partition coefficient (Wildman–Crippen LogP) is 22.9. The Balaban J connectivity index is 3.37. The average Bonchev–Trinajstić information content (AvgIpc) is 3.44. The normalized spacial score (nSPS) is 12.6. The van der Waals surface area contributed by atoms with E-state index in [4.69, 9.17) is 4.74 Å². The molecule has 0 saturated heterocycles. The van der Waals surface area contributed by atoms with E-state index in [-0.39, 0.29) is 18.5 Å². The van der Waals surface area contributed by atoms with E-state index in [1.54, 1.807) is 6.08 Å². The Morgan fingerprint density at radius 2 is 0.603 bits per heavy atom. The molecular weight excluding hydrogens is 959 g/mol. The molecule has 0 aliphatic rings. The van der Waals surface area contributed by atoms with E-state index in [2.05, 4.69) is 31.3 Å². The van der Waals surface area contributed by atoms with Crippen LogP contribution in [-0.2, 0) is 14.3 Å². The summed E-state index contributed by atoms with van der Waals surface area (Å²) in [7, 11) is 0. The Labute approximate surface area is 488 Å². The third-order valence-electron chi connectivity index (χ3n) is 16.7. The van der Waals surface area contributed by atoms with E-state index in [0.717, 1.165) is 44.9 Å². The number of hydrogen-bond acceptors (Lipinski definition) is 5. The van der Waals surface area contributed by atoms with Gasteiger partial charge in [-0.05, 0) is 57.8 Å². The summed E-state index contributed by atoms with van der Waals surface area (Å²) < 4.78 is 5.50. The van der Waals surface area contributed by atoms with Crippen molar-refractivity contribution in [2.45, 2.75) is 411 Å². The quantitative estimate of drug-likeness (QED) is 0.0320. The van der Waals surface area contributed by atoms with E-state index >= 15 is 0 Å². The van der Waals surface area contributed by atoms with Crippen LogP contribution in [0.2, 0.25) is 0 Å². The molecule has 2 atom stereocenters. The Morgan fingerprint density at radius 1 is 0.346 bits per heavy atom. The first-order valence-corrected chi connectivity index (χ1v) is 35.6. The molecule has 0 rings (SSSR count). The highest BCUT2D eigenvalue weighted by Gasteiger charge is 2.18. The zero-order valence-corrected chi connectivity index (χ0v) is 52.9. The van der Waals surface area contributed by atoms with Crippen LogP contribution in [0.1, 0.15) is 399 Å². The number of hydrogen-bond donors (Lipinski definition) is 3. The van der Waals surface area contributed by atoms with E-state index in [1.807, 2.05) is 6.08 Å². The maximum absolute atomic E-state index is 12.5. The monoisotopic (exact) mass is 1100 g/mol. The number of nitrogens with one attached hydrogen (secondary N) is 1. The highest BCUT2D eigenvalue weighted by Crippen LogP contribution is 2.19. The second-order valence-corrected chi connectivity index (χ2v) is 24.6. The molecule has 0 bridgehead atoms. The van der Waals surface area contributed by atoms with Crippen LogP contribution in [0.4, 0.5) is 0 Å². The number of aliphatic hydroxyl groups excluding tert-OH is 2. The summed E-state index contributed by atoms with van der Waals surface area (Å²) in [5.41, 5.74) is 0. The van der Waals surface area contributed by atoms with Gasteiger partial charge in [0.1, 0.15) is 0 Å². The first kappa shape index (κ1) is 76.3. The topological polar surface area (TPSA) is 95.9 Å². The summed E-state index contributed by atoms with van der Waals surface area (Å²) in [5.74, 6) is -0.0479. The molecule has 0 aromatic carbocycles. The van der Waals surface area contributed by atoms with Gasteiger partial charge >= 0.3 is 5.97 Å². The van der Waals surface area contributed by atoms with Crippen molar-refractivity contribution in [3.63, 3.8) is 0 Å². The summed E-state index contributed by atoms with van der Waals surface area (Å²) in [5, 5.41) is 23.2. The van der Waals surface area contributed by atoms with Crippen molar-refractivity contribution in [3.05, 3.63) is 24.3 Å². The van der Waals surface area contributed by atoms with Crippen molar-refractivity contribution in [1.29, 1.82) is 0 Å². The first-order valence-electron chi connectivity index (χ1n) is 35.6. The zero-order valence-electron chi connectivity index (χ0n) is 52.9. The molecular formula is C72H139NO5. The molecule has 0 fully saturated rings. The number of aliphatic hydroxyl groups is 2. The van der Waals surface area contributed by atoms with Gasteiger partial charge in [-0.2, -0.15) is 0 Å². The van der Waals surface area contributed by atoms with Gasteiger partial charge in [0.15, 0.2) is 0 Å². The van der Waals surface area contributed by atoms with Crippen LogP contribution >= 0.6 is 0 Å². The molecule has 0 aliphatic heterocycles. The second-order valence-electron chi connectivity index (χ2n) is 24.6. The highest BCUT2D eigenvalue weighted by atomic mass is 16.5. The van der Waals surface area contributed by atoms with Crippen molar-refractivity contribution in [3.8, 4) is 0 Å². The minimum Gasteiger partial charge on any atom is -0.466 e. The van der Waals surface area contributed by atoms with Crippen molar-refractivity contribution < 1.29 is 24.5 Å². The molecule has 2 unspecified atom stereocenters. The van der Waals surface area contributed by atoms with Gasteiger partial charge in [0.25, 0.3) is 0 Å². The Morgan fingerprint density at radius 3 is 0.910 bits per heavy atom. The number of carbonyl (C=O) groups excluding carboxylic acids is 2. The molecule has 0 aromatic rings. The molecule has 0 heterocycles. The van der Waals surface area contributed by atoms with Gasteiger partial charge in [-0.3, -0.25) is 9.59 Å². The van der Waals surface area contributed by atoms with E-state index in [9.17, 15) is 19.8 Å². The fraction of sp³-hybridized carbons (Fsp3) is 0.917. The van der Waals surface area contributed by atoms with Gasteiger partial charge in [0, 0.05) is 12.8 Å². The summed E-state index contributed by atoms with van der Waals surface area (Å²) in [6.45, 7) is 4.94. The van der Waals surface area contributed by atoms with Gasteiger partial charge in [-0.25, -0.2) is 0 Å².